The van der Waals surface area contributed by atoms with Crippen molar-refractivity contribution < 1.29 is 0 Å². The largest absolute Gasteiger partial charge is 0.318 e. The summed E-state index contributed by atoms with van der Waals surface area (Å²) in [5, 5.41) is 6.12. The molecule has 0 spiro atoms. The molecule has 68 valence electrons. The predicted octanol–water partition coefficient (Wildman–Crippen LogP) is 1.53. The molecule has 0 fully saturated rings. The highest BCUT2D eigenvalue weighted by Crippen LogP contribution is 2.22. The quantitative estimate of drug-likeness (QED) is 0.786. The number of aryl methyl sites for hydroxylation is 1. The molecule has 0 radical (unpaired) electrons. The summed E-state index contributed by atoms with van der Waals surface area (Å²) < 4.78 is 1.81. The summed E-state index contributed by atoms with van der Waals surface area (Å²) in [4.78, 5) is 1.17. The minimum absolute atomic E-state index is 0.0486. The van der Waals surface area contributed by atoms with Gasteiger partial charge in [-0.2, -0.15) is 5.10 Å². The van der Waals surface area contributed by atoms with Gasteiger partial charge in [0.25, 0.3) is 0 Å². The molecule has 2 N–H and O–H groups in total. The second-order valence-electron chi connectivity index (χ2n) is 2.87. The number of hydrogen-bond acceptors (Lipinski definition) is 3. The van der Waals surface area contributed by atoms with Crippen molar-refractivity contribution in [2.24, 2.45) is 12.8 Å². The first-order chi connectivity index (χ1) is 6.29. The van der Waals surface area contributed by atoms with Crippen LogP contribution in [0.25, 0.3) is 0 Å². The van der Waals surface area contributed by atoms with Crippen LogP contribution >= 0.6 is 11.3 Å². The lowest BCUT2D eigenvalue weighted by Gasteiger charge is -2.09. The first kappa shape index (κ1) is 8.47. The third kappa shape index (κ3) is 1.50. The van der Waals surface area contributed by atoms with E-state index in [0.29, 0.717) is 0 Å². The molecule has 2 heterocycles. The van der Waals surface area contributed by atoms with E-state index in [2.05, 4.69) is 5.10 Å². The number of aromatic nitrogens is 2. The Morgan fingerprint density at radius 1 is 1.54 bits per heavy atom. The van der Waals surface area contributed by atoms with Gasteiger partial charge in [-0.3, -0.25) is 4.68 Å². The van der Waals surface area contributed by atoms with Crippen LogP contribution in [-0.4, -0.2) is 9.78 Å². The molecule has 0 aromatic carbocycles. The molecule has 2 aromatic heterocycles. The summed E-state index contributed by atoms with van der Waals surface area (Å²) in [6.07, 6.45) is 1.77. The summed E-state index contributed by atoms with van der Waals surface area (Å²) in [7, 11) is 1.91. The van der Waals surface area contributed by atoms with Crippen molar-refractivity contribution >= 4 is 11.3 Å². The van der Waals surface area contributed by atoms with E-state index < -0.39 is 0 Å². The molecule has 0 aliphatic carbocycles. The molecule has 2 aromatic rings. The van der Waals surface area contributed by atoms with Gasteiger partial charge in [0.05, 0.1) is 11.7 Å². The highest BCUT2D eigenvalue weighted by molar-refractivity contribution is 7.10. The Hall–Kier alpha value is -1.13. The van der Waals surface area contributed by atoms with Crippen molar-refractivity contribution in [2.75, 3.05) is 0 Å². The fourth-order valence-corrected chi connectivity index (χ4v) is 2.04. The van der Waals surface area contributed by atoms with Gasteiger partial charge in [0, 0.05) is 18.1 Å². The summed E-state index contributed by atoms with van der Waals surface area (Å²) in [6, 6.07) is 5.95. The van der Waals surface area contributed by atoms with Gasteiger partial charge >= 0.3 is 0 Å². The second kappa shape index (κ2) is 3.32. The first-order valence-corrected chi connectivity index (χ1v) is 4.94. The lowest BCUT2D eigenvalue weighted by atomic mass is 10.2. The molecule has 0 amide bonds. The Bertz CT molecular complexity index is 377. The van der Waals surface area contributed by atoms with Crippen LogP contribution in [-0.2, 0) is 7.05 Å². The summed E-state index contributed by atoms with van der Waals surface area (Å²) in [6.45, 7) is 0. The highest BCUT2D eigenvalue weighted by Gasteiger charge is 2.12. The van der Waals surface area contributed by atoms with E-state index in [9.17, 15) is 0 Å². The van der Waals surface area contributed by atoms with Crippen LogP contribution in [0.1, 0.15) is 16.6 Å². The molecule has 0 bridgehead atoms. The van der Waals surface area contributed by atoms with Crippen LogP contribution in [0.15, 0.2) is 29.8 Å². The second-order valence-corrected chi connectivity index (χ2v) is 3.85. The highest BCUT2D eigenvalue weighted by atomic mass is 32.1. The topological polar surface area (TPSA) is 43.8 Å². The van der Waals surface area contributed by atoms with E-state index in [1.807, 2.05) is 35.3 Å². The van der Waals surface area contributed by atoms with Gasteiger partial charge in [0.2, 0.25) is 0 Å². The normalized spacial score (nSPS) is 13.1. The van der Waals surface area contributed by atoms with Gasteiger partial charge in [0.15, 0.2) is 0 Å². The molecule has 0 aliphatic rings. The number of nitrogens with zero attached hydrogens (tertiary/aromatic N) is 2. The summed E-state index contributed by atoms with van der Waals surface area (Å²) in [5.74, 6) is 0. The zero-order valence-electron chi connectivity index (χ0n) is 7.34. The van der Waals surface area contributed by atoms with Gasteiger partial charge in [-0.25, -0.2) is 0 Å². The van der Waals surface area contributed by atoms with Gasteiger partial charge < -0.3 is 5.73 Å². The Morgan fingerprint density at radius 2 is 2.38 bits per heavy atom. The van der Waals surface area contributed by atoms with E-state index >= 15 is 0 Å². The smallest absolute Gasteiger partial charge is 0.0816 e. The summed E-state index contributed by atoms with van der Waals surface area (Å²) >= 11 is 1.67. The van der Waals surface area contributed by atoms with Crippen LogP contribution in [0.4, 0.5) is 0 Å². The van der Waals surface area contributed by atoms with E-state index in [0.717, 1.165) is 5.69 Å². The maximum atomic E-state index is 6.06. The van der Waals surface area contributed by atoms with Gasteiger partial charge in [-0.1, -0.05) is 6.07 Å². The zero-order chi connectivity index (χ0) is 9.26. The van der Waals surface area contributed by atoms with E-state index in [4.69, 9.17) is 5.73 Å². The van der Waals surface area contributed by atoms with Crippen molar-refractivity contribution in [1.29, 1.82) is 0 Å². The van der Waals surface area contributed by atoms with Gasteiger partial charge in [-0.15, -0.1) is 11.3 Å². The molecule has 0 saturated carbocycles. The minimum Gasteiger partial charge on any atom is -0.318 e. The zero-order valence-corrected chi connectivity index (χ0v) is 8.16. The van der Waals surface area contributed by atoms with E-state index in [1.165, 1.54) is 4.88 Å². The minimum atomic E-state index is -0.0486. The van der Waals surface area contributed by atoms with Crippen molar-refractivity contribution in [1.82, 2.24) is 9.78 Å². The van der Waals surface area contributed by atoms with E-state index in [-0.39, 0.29) is 6.04 Å². The molecular weight excluding hydrogens is 182 g/mol. The number of nitrogens with two attached hydrogens (primary N) is 1. The number of thiophene rings is 1. The van der Waals surface area contributed by atoms with Crippen molar-refractivity contribution in [3.05, 3.63) is 40.3 Å². The van der Waals surface area contributed by atoms with Crippen molar-refractivity contribution in [3.8, 4) is 0 Å². The van der Waals surface area contributed by atoms with Crippen LogP contribution in [0, 0.1) is 0 Å². The van der Waals surface area contributed by atoms with Crippen LogP contribution < -0.4 is 5.73 Å². The maximum Gasteiger partial charge on any atom is 0.0816 e. The van der Waals surface area contributed by atoms with Crippen molar-refractivity contribution in [2.45, 2.75) is 6.04 Å². The molecular formula is C9H11N3S. The molecule has 3 nitrogen and oxygen atoms in total. The SMILES string of the molecule is Cn1nccc1C(N)c1cccs1. The molecule has 0 aliphatic heterocycles. The lowest BCUT2D eigenvalue weighted by molar-refractivity contribution is 0.678. The fourth-order valence-electron chi connectivity index (χ4n) is 1.30. The molecule has 13 heavy (non-hydrogen) atoms. The van der Waals surface area contributed by atoms with Crippen LogP contribution in [0.3, 0.4) is 0 Å². The van der Waals surface area contributed by atoms with Crippen LogP contribution in [0.5, 0.6) is 0 Å². The average molecular weight is 193 g/mol. The van der Waals surface area contributed by atoms with Gasteiger partial charge in [-0.05, 0) is 17.5 Å². The third-order valence-corrected chi connectivity index (χ3v) is 2.98. The predicted molar refractivity (Wildman–Crippen MR) is 53.6 cm³/mol. The van der Waals surface area contributed by atoms with E-state index in [1.54, 1.807) is 17.5 Å². The molecule has 1 unspecified atom stereocenters. The molecule has 4 heteroatoms. The van der Waals surface area contributed by atoms with Crippen molar-refractivity contribution in [3.63, 3.8) is 0 Å². The Kier molecular flexibility index (Phi) is 2.16. The third-order valence-electron chi connectivity index (χ3n) is 2.03. The number of rotatable bonds is 2. The molecule has 1 atom stereocenters. The number of hydrogen-bond donors (Lipinski definition) is 1. The van der Waals surface area contributed by atoms with Crippen LogP contribution in [0.2, 0.25) is 0 Å². The average Bonchev–Trinajstić information content (AvgIpc) is 2.72. The fraction of sp³-hybridized carbons (Fsp3) is 0.222. The monoisotopic (exact) mass is 193 g/mol. The Balaban J connectivity index is 2.33. The lowest BCUT2D eigenvalue weighted by Crippen LogP contribution is -2.14. The Labute approximate surface area is 80.8 Å². The first-order valence-electron chi connectivity index (χ1n) is 4.06. The standard InChI is InChI=1S/C9H11N3S/c1-12-7(4-5-11-12)9(10)8-3-2-6-13-8/h2-6,9H,10H2,1H3. The maximum absolute atomic E-state index is 6.06. The Morgan fingerprint density at radius 3 is 2.92 bits per heavy atom. The summed E-state index contributed by atoms with van der Waals surface area (Å²) in [5.41, 5.74) is 7.10. The molecule has 0 saturated heterocycles. The molecule has 2 rings (SSSR count). The van der Waals surface area contributed by atoms with Gasteiger partial charge in [0.1, 0.15) is 0 Å².